The lowest BCUT2D eigenvalue weighted by atomic mass is 10.3. The molecule has 0 aliphatic rings. The normalized spacial score (nSPS) is 10.8. The quantitative estimate of drug-likeness (QED) is 0.454. The summed E-state index contributed by atoms with van der Waals surface area (Å²) >= 11 is 0. The Bertz CT molecular complexity index is 238. The van der Waals surface area contributed by atoms with Crippen LogP contribution in [0.4, 0.5) is 0 Å². The lowest BCUT2D eigenvalue weighted by molar-refractivity contribution is -0.146. The van der Waals surface area contributed by atoms with E-state index in [2.05, 4.69) is 17.2 Å². The number of carboxylic acid groups (broad SMARTS) is 1. The van der Waals surface area contributed by atoms with Crippen LogP contribution in [0.15, 0.2) is 0 Å². The molecule has 0 radical (unpaired) electrons. The van der Waals surface area contributed by atoms with Crippen LogP contribution < -0.4 is 5.32 Å². The average Bonchev–Trinajstić information content (AvgIpc) is 2.00. The molecule has 0 saturated carbocycles. The van der Waals surface area contributed by atoms with Gasteiger partial charge in [0, 0.05) is 0 Å². The number of carbonyl (C=O) groups is 2. The zero-order valence-corrected chi connectivity index (χ0v) is 6.50. The Hall–Kier alpha value is -1.54. The van der Waals surface area contributed by atoms with Crippen molar-refractivity contribution in [1.29, 1.82) is 0 Å². The largest absolute Gasteiger partial charge is 0.479 e. The van der Waals surface area contributed by atoms with Crippen molar-refractivity contribution in [2.45, 2.75) is 13.0 Å². The summed E-state index contributed by atoms with van der Waals surface area (Å²) in [5.74, 6) is 2.49. The molecule has 0 fully saturated rings. The van der Waals surface area contributed by atoms with Crippen molar-refractivity contribution in [3.63, 3.8) is 0 Å². The number of rotatable bonds is 3. The Kier molecular flexibility index (Phi) is 4.49. The number of aliphatic hydroxyl groups is 1. The van der Waals surface area contributed by atoms with Gasteiger partial charge in [-0.1, -0.05) is 5.92 Å². The third kappa shape index (κ3) is 4.30. The van der Waals surface area contributed by atoms with Crippen molar-refractivity contribution in [3.8, 4) is 11.8 Å². The maximum Gasteiger partial charge on any atom is 0.334 e. The van der Waals surface area contributed by atoms with Gasteiger partial charge in [-0.3, -0.25) is 4.79 Å². The first-order chi connectivity index (χ1) is 5.57. The number of amides is 1. The molecule has 0 aliphatic carbocycles. The number of nitrogens with one attached hydrogen (secondary N) is 1. The first-order valence-corrected chi connectivity index (χ1v) is 3.19. The molecule has 1 atom stereocenters. The minimum absolute atomic E-state index is 0.331. The summed E-state index contributed by atoms with van der Waals surface area (Å²) in [6, 6.07) is 0. The zero-order chi connectivity index (χ0) is 9.56. The highest BCUT2D eigenvalue weighted by molar-refractivity contribution is 5.93. The van der Waals surface area contributed by atoms with Crippen molar-refractivity contribution in [1.82, 2.24) is 5.32 Å². The Morgan fingerprint density at radius 3 is 2.58 bits per heavy atom. The first kappa shape index (κ1) is 10.5. The van der Waals surface area contributed by atoms with Gasteiger partial charge in [0.1, 0.15) is 0 Å². The second-order valence-corrected chi connectivity index (χ2v) is 1.94. The van der Waals surface area contributed by atoms with Crippen LogP contribution in [-0.2, 0) is 9.59 Å². The highest BCUT2D eigenvalue weighted by Crippen LogP contribution is 1.78. The van der Waals surface area contributed by atoms with Gasteiger partial charge in [-0.2, -0.15) is 0 Å². The molecule has 5 heteroatoms. The van der Waals surface area contributed by atoms with Crippen LogP contribution in [0.3, 0.4) is 0 Å². The fraction of sp³-hybridized carbons (Fsp3) is 0.429. The average molecular weight is 171 g/mol. The van der Waals surface area contributed by atoms with Crippen LogP contribution in [0.5, 0.6) is 0 Å². The number of aliphatic carboxylic acids is 1. The van der Waals surface area contributed by atoms with Crippen molar-refractivity contribution in [3.05, 3.63) is 0 Å². The van der Waals surface area contributed by atoms with Crippen molar-refractivity contribution in [2.24, 2.45) is 0 Å². The van der Waals surface area contributed by atoms with Gasteiger partial charge >= 0.3 is 5.97 Å². The molecule has 66 valence electrons. The second-order valence-electron chi connectivity index (χ2n) is 1.94. The van der Waals surface area contributed by atoms with E-state index in [4.69, 9.17) is 10.2 Å². The standard InChI is InChI=1S/C7H9NO4/c1-2-3-6(10)8-4-5(9)7(11)12/h5,9H,4H2,1H3,(H,8,10)(H,11,12). The summed E-state index contributed by atoms with van der Waals surface area (Å²) in [7, 11) is 0. The Morgan fingerprint density at radius 1 is 1.58 bits per heavy atom. The van der Waals surface area contributed by atoms with E-state index in [9.17, 15) is 9.59 Å². The summed E-state index contributed by atoms with van der Waals surface area (Å²) in [6.45, 7) is 1.15. The molecule has 1 unspecified atom stereocenters. The van der Waals surface area contributed by atoms with Crippen LogP contribution in [-0.4, -0.2) is 34.7 Å². The van der Waals surface area contributed by atoms with E-state index in [1.807, 2.05) is 0 Å². The molecular formula is C7H9NO4. The van der Waals surface area contributed by atoms with Crippen LogP contribution >= 0.6 is 0 Å². The highest BCUT2D eigenvalue weighted by Gasteiger charge is 2.12. The minimum Gasteiger partial charge on any atom is -0.479 e. The van der Waals surface area contributed by atoms with E-state index in [1.165, 1.54) is 6.92 Å². The highest BCUT2D eigenvalue weighted by atomic mass is 16.4. The van der Waals surface area contributed by atoms with Gasteiger partial charge < -0.3 is 15.5 Å². The summed E-state index contributed by atoms with van der Waals surface area (Å²) in [5, 5.41) is 19.0. The number of carbonyl (C=O) groups excluding carboxylic acids is 1. The van der Waals surface area contributed by atoms with E-state index in [0.29, 0.717) is 0 Å². The molecular weight excluding hydrogens is 162 g/mol. The molecule has 12 heavy (non-hydrogen) atoms. The summed E-state index contributed by atoms with van der Waals surface area (Å²) in [6.07, 6.45) is -1.58. The first-order valence-electron chi connectivity index (χ1n) is 3.19. The molecule has 0 aliphatic heterocycles. The third-order valence-corrected chi connectivity index (χ3v) is 0.980. The monoisotopic (exact) mass is 171 g/mol. The Labute approximate surface area is 69.4 Å². The number of hydrogen-bond donors (Lipinski definition) is 3. The van der Waals surface area contributed by atoms with Crippen LogP contribution in [0.1, 0.15) is 6.92 Å². The fourth-order valence-electron chi connectivity index (χ4n) is 0.434. The van der Waals surface area contributed by atoms with Gasteiger partial charge in [-0.05, 0) is 12.8 Å². The van der Waals surface area contributed by atoms with Gasteiger partial charge in [0.25, 0.3) is 5.91 Å². The van der Waals surface area contributed by atoms with Crippen LogP contribution in [0.25, 0.3) is 0 Å². The lowest BCUT2D eigenvalue weighted by Crippen LogP contribution is -2.35. The van der Waals surface area contributed by atoms with Crippen LogP contribution in [0.2, 0.25) is 0 Å². The van der Waals surface area contributed by atoms with E-state index in [1.54, 1.807) is 0 Å². The minimum atomic E-state index is -1.58. The van der Waals surface area contributed by atoms with E-state index in [-0.39, 0.29) is 6.54 Å². The predicted octanol–water partition coefficient (Wildman–Crippen LogP) is -1.43. The van der Waals surface area contributed by atoms with E-state index >= 15 is 0 Å². The lowest BCUT2D eigenvalue weighted by Gasteiger charge is -2.03. The molecule has 5 nitrogen and oxygen atoms in total. The molecule has 3 N–H and O–H groups in total. The topological polar surface area (TPSA) is 86.6 Å². The molecule has 0 aromatic carbocycles. The fourth-order valence-corrected chi connectivity index (χ4v) is 0.434. The third-order valence-electron chi connectivity index (χ3n) is 0.980. The van der Waals surface area contributed by atoms with Crippen molar-refractivity contribution < 1.29 is 19.8 Å². The molecule has 0 heterocycles. The molecule has 0 saturated heterocycles. The molecule has 0 spiro atoms. The van der Waals surface area contributed by atoms with Crippen LogP contribution in [0, 0.1) is 11.8 Å². The zero-order valence-electron chi connectivity index (χ0n) is 6.50. The summed E-state index contributed by atoms with van der Waals surface area (Å²) in [4.78, 5) is 20.6. The second kappa shape index (κ2) is 5.16. The summed E-state index contributed by atoms with van der Waals surface area (Å²) in [5.41, 5.74) is 0. The molecule has 0 bridgehead atoms. The summed E-state index contributed by atoms with van der Waals surface area (Å²) < 4.78 is 0. The number of aliphatic hydroxyl groups excluding tert-OH is 1. The molecule has 0 aromatic heterocycles. The van der Waals surface area contributed by atoms with Gasteiger partial charge in [-0.15, -0.1) is 0 Å². The van der Waals surface area contributed by atoms with Gasteiger partial charge in [0.05, 0.1) is 6.54 Å². The number of carboxylic acids is 1. The van der Waals surface area contributed by atoms with Gasteiger partial charge in [0.15, 0.2) is 6.10 Å². The van der Waals surface area contributed by atoms with Gasteiger partial charge in [0.2, 0.25) is 0 Å². The molecule has 0 aromatic rings. The maximum absolute atomic E-state index is 10.6. The number of hydrogen-bond acceptors (Lipinski definition) is 3. The smallest absolute Gasteiger partial charge is 0.334 e. The maximum atomic E-state index is 10.6. The molecule has 0 rings (SSSR count). The Balaban J connectivity index is 3.73. The van der Waals surface area contributed by atoms with E-state index in [0.717, 1.165) is 0 Å². The van der Waals surface area contributed by atoms with E-state index < -0.39 is 18.0 Å². The van der Waals surface area contributed by atoms with Crippen molar-refractivity contribution >= 4 is 11.9 Å². The van der Waals surface area contributed by atoms with Gasteiger partial charge in [-0.25, -0.2) is 4.79 Å². The SMILES string of the molecule is CC#CC(=O)NCC(O)C(=O)O. The predicted molar refractivity (Wildman–Crippen MR) is 40.1 cm³/mol. The Morgan fingerprint density at radius 2 is 2.17 bits per heavy atom. The van der Waals surface area contributed by atoms with Crippen molar-refractivity contribution in [2.75, 3.05) is 6.54 Å². The molecule has 1 amide bonds.